The molecule has 206 valence electrons. The topological polar surface area (TPSA) is 106 Å². The fraction of sp³-hybridized carbons (Fsp3) is 0.419. The number of allylic oxidation sites excluding steroid dienone is 1. The second-order valence-electron chi connectivity index (χ2n) is 11.9. The van der Waals surface area contributed by atoms with E-state index in [0.717, 1.165) is 59.4 Å². The summed E-state index contributed by atoms with van der Waals surface area (Å²) in [5.74, 6) is 3.54. The number of ether oxygens (including phenoxy) is 3. The molecular formula is C31H30Cl2N4O3. The van der Waals surface area contributed by atoms with Gasteiger partial charge in [-0.3, -0.25) is 5.10 Å². The number of nitrogens with one attached hydrogen (secondary N) is 1. The van der Waals surface area contributed by atoms with E-state index in [4.69, 9.17) is 43.1 Å². The lowest BCUT2D eigenvalue weighted by atomic mass is 9.48. The van der Waals surface area contributed by atoms with Crippen molar-refractivity contribution < 1.29 is 14.2 Å². The molecule has 4 aliphatic carbocycles. The highest BCUT2D eigenvalue weighted by molar-refractivity contribution is 6.42. The molecule has 0 unspecified atom stereocenters. The highest BCUT2D eigenvalue weighted by Gasteiger charge is 2.54. The van der Waals surface area contributed by atoms with Crippen LogP contribution in [0.4, 0.5) is 0 Å². The molecule has 4 fully saturated rings. The van der Waals surface area contributed by atoms with E-state index in [1.165, 1.54) is 19.3 Å². The molecule has 4 bridgehead atoms. The number of methoxy groups -OCH3 is 1. The first-order chi connectivity index (χ1) is 19.4. The molecule has 3 N–H and O–H groups in total. The summed E-state index contributed by atoms with van der Waals surface area (Å²) in [6.07, 6.45) is 7.50. The fourth-order valence-electron chi connectivity index (χ4n) is 8.17. The molecule has 2 aromatic carbocycles. The van der Waals surface area contributed by atoms with Gasteiger partial charge in [-0.2, -0.15) is 5.26 Å². The minimum absolute atomic E-state index is 0.0383. The lowest BCUT2D eigenvalue weighted by molar-refractivity contribution is -0.00768. The molecular weight excluding hydrogens is 547 g/mol. The number of rotatable bonds is 6. The Morgan fingerprint density at radius 3 is 2.42 bits per heavy atom. The Kier molecular flexibility index (Phi) is 6.17. The Hall–Kier alpha value is -3.34. The summed E-state index contributed by atoms with van der Waals surface area (Å²) < 4.78 is 17.8. The van der Waals surface area contributed by atoms with Gasteiger partial charge < -0.3 is 19.9 Å². The van der Waals surface area contributed by atoms with Crippen LogP contribution < -0.4 is 19.9 Å². The van der Waals surface area contributed by atoms with Crippen LogP contribution in [0.15, 0.2) is 47.9 Å². The number of benzene rings is 2. The van der Waals surface area contributed by atoms with Crippen molar-refractivity contribution >= 4 is 23.2 Å². The van der Waals surface area contributed by atoms with Crippen LogP contribution in [0.2, 0.25) is 10.0 Å². The number of nitrogens with two attached hydrogens (primary N) is 1. The summed E-state index contributed by atoms with van der Waals surface area (Å²) in [4.78, 5) is 0. The molecule has 1 aromatic heterocycles. The summed E-state index contributed by atoms with van der Waals surface area (Å²) in [6.45, 7) is 0.294. The first-order valence-corrected chi connectivity index (χ1v) is 14.5. The summed E-state index contributed by atoms with van der Waals surface area (Å²) >= 11 is 12.2. The highest BCUT2D eigenvalue weighted by atomic mass is 35.5. The molecule has 3 aromatic rings. The van der Waals surface area contributed by atoms with Crippen molar-refractivity contribution in [3.05, 3.63) is 80.3 Å². The number of nitrogens with zero attached hydrogens (tertiary/aromatic N) is 2. The van der Waals surface area contributed by atoms with Gasteiger partial charge in [-0.25, -0.2) is 0 Å². The maximum atomic E-state index is 10.2. The largest absolute Gasteiger partial charge is 0.493 e. The number of aromatic nitrogens is 2. The van der Waals surface area contributed by atoms with Gasteiger partial charge in [0.05, 0.1) is 28.6 Å². The van der Waals surface area contributed by atoms with Crippen molar-refractivity contribution in [1.82, 2.24) is 10.2 Å². The maximum absolute atomic E-state index is 10.2. The summed E-state index contributed by atoms with van der Waals surface area (Å²) in [7, 11) is 1.61. The fourth-order valence-corrected chi connectivity index (χ4v) is 8.49. The van der Waals surface area contributed by atoms with Gasteiger partial charge in [-0.1, -0.05) is 35.3 Å². The Labute approximate surface area is 243 Å². The zero-order valence-electron chi connectivity index (χ0n) is 22.2. The Morgan fingerprint density at radius 2 is 1.77 bits per heavy atom. The molecule has 7 nitrogen and oxygen atoms in total. The maximum Gasteiger partial charge on any atom is 0.244 e. The van der Waals surface area contributed by atoms with Gasteiger partial charge >= 0.3 is 0 Å². The molecule has 0 spiro atoms. The van der Waals surface area contributed by atoms with Crippen LogP contribution in [-0.2, 0) is 12.0 Å². The van der Waals surface area contributed by atoms with E-state index < -0.39 is 5.92 Å². The van der Waals surface area contributed by atoms with Crippen molar-refractivity contribution in [2.45, 2.75) is 56.5 Å². The van der Waals surface area contributed by atoms with Crippen LogP contribution in [0.1, 0.15) is 66.8 Å². The zero-order valence-corrected chi connectivity index (χ0v) is 23.7. The second-order valence-corrected chi connectivity index (χ2v) is 12.7. The molecule has 5 aliphatic rings. The number of nitriles is 1. The lowest BCUT2D eigenvalue weighted by Gasteiger charge is -2.56. The molecule has 1 atom stereocenters. The standard InChI is InChI=1S/C31H30Cl2N4O3/c1-38-25-10-20(3-5-24(25)39-15-16-2-4-22(32)23(33)9-16)26-21(14-34)29(35)40-30-27(26)28(36-37-30)31-11-17-6-18(12-31)8-19(7-17)13-31/h2-5,9-10,17-19,26H,6-8,11-13,15,35H2,1H3,(H,36,37)/t17?,18?,19?,26-,31?/m1/s1. The average Bonchev–Trinajstić information content (AvgIpc) is 3.36. The third kappa shape index (κ3) is 4.12. The quantitative estimate of drug-likeness (QED) is 0.327. The van der Waals surface area contributed by atoms with Crippen LogP contribution in [-0.4, -0.2) is 17.3 Å². The Bertz CT molecular complexity index is 1540. The van der Waals surface area contributed by atoms with Gasteiger partial charge in [0, 0.05) is 11.1 Å². The van der Waals surface area contributed by atoms with E-state index in [0.29, 0.717) is 39.6 Å². The number of fused-ring (bicyclic) bond motifs is 1. The van der Waals surface area contributed by atoms with Gasteiger partial charge in [0.2, 0.25) is 11.8 Å². The van der Waals surface area contributed by atoms with Crippen molar-refractivity contribution in [1.29, 1.82) is 5.26 Å². The number of hydrogen-bond acceptors (Lipinski definition) is 6. The van der Waals surface area contributed by atoms with Gasteiger partial charge in [-0.15, -0.1) is 5.10 Å². The summed E-state index contributed by atoms with van der Waals surface area (Å²) in [5, 5.41) is 19.2. The van der Waals surface area contributed by atoms with Crippen molar-refractivity contribution in [3.63, 3.8) is 0 Å². The lowest BCUT2D eigenvalue weighted by Crippen LogP contribution is -2.49. The highest BCUT2D eigenvalue weighted by Crippen LogP contribution is 2.62. The van der Waals surface area contributed by atoms with E-state index in [-0.39, 0.29) is 11.3 Å². The van der Waals surface area contributed by atoms with Crippen LogP contribution in [0.25, 0.3) is 0 Å². The summed E-state index contributed by atoms with van der Waals surface area (Å²) in [6, 6.07) is 13.5. The molecule has 40 heavy (non-hydrogen) atoms. The molecule has 9 heteroatoms. The van der Waals surface area contributed by atoms with E-state index in [2.05, 4.69) is 16.3 Å². The van der Waals surface area contributed by atoms with Gasteiger partial charge in [0.15, 0.2) is 11.5 Å². The van der Waals surface area contributed by atoms with E-state index in [1.54, 1.807) is 19.2 Å². The molecule has 1 aliphatic heterocycles. The minimum atomic E-state index is -0.423. The molecule has 4 saturated carbocycles. The minimum Gasteiger partial charge on any atom is -0.493 e. The first kappa shape index (κ1) is 25.6. The van der Waals surface area contributed by atoms with Crippen LogP contribution in [0.3, 0.4) is 0 Å². The molecule has 8 rings (SSSR count). The number of hydrogen-bond donors (Lipinski definition) is 2. The zero-order chi connectivity index (χ0) is 27.6. The molecule has 0 radical (unpaired) electrons. The number of H-pyrrole nitrogens is 1. The SMILES string of the molecule is COc1cc([C@@H]2C(C#N)=C(N)Oc3n[nH]c(C45CC6CC(CC(C6)C4)C5)c32)ccc1OCc1ccc(Cl)c(Cl)c1. The Morgan fingerprint density at radius 1 is 1.05 bits per heavy atom. The van der Waals surface area contributed by atoms with Crippen molar-refractivity contribution in [2.75, 3.05) is 7.11 Å². The van der Waals surface area contributed by atoms with Crippen molar-refractivity contribution in [2.24, 2.45) is 23.5 Å². The average molecular weight is 578 g/mol. The monoisotopic (exact) mass is 576 g/mol. The van der Waals surface area contributed by atoms with Gasteiger partial charge in [0.1, 0.15) is 18.2 Å². The predicted molar refractivity (Wildman–Crippen MR) is 152 cm³/mol. The third-order valence-corrected chi connectivity index (χ3v) is 10.1. The van der Waals surface area contributed by atoms with Gasteiger partial charge in [-0.05, 0) is 91.7 Å². The second kappa shape index (κ2) is 9.64. The molecule has 0 amide bonds. The first-order valence-electron chi connectivity index (χ1n) is 13.8. The van der Waals surface area contributed by atoms with E-state index in [1.807, 2.05) is 24.3 Å². The molecule has 2 heterocycles. The van der Waals surface area contributed by atoms with Crippen LogP contribution in [0, 0.1) is 29.1 Å². The normalized spacial score (nSPS) is 28.1. The predicted octanol–water partition coefficient (Wildman–Crippen LogP) is 6.99. The van der Waals surface area contributed by atoms with Crippen LogP contribution in [0.5, 0.6) is 17.4 Å². The smallest absolute Gasteiger partial charge is 0.244 e. The Balaban J connectivity index is 1.26. The number of halogens is 2. The van der Waals surface area contributed by atoms with Crippen LogP contribution >= 0.6 is 23.2 Å². The van der Waals surface area contributed by atoms with Crippen molar-refractivity contribution in [3.8, 4) is 23.4 Å². The number of aromatic amines is 1. The van der Waals surface area contributed by atoms with E-state index >= 15 is 0 Å². The third-order valence-electron chi connectivity index (χ3n) is 9.41. The summed E-state index contributed by atoms with van der Waals surface area (Å²) in [5.41, 5.74) is 10.5. The van der Waals surface area contributed by atoms with Gasteiger partial charge in [0.25, 0.3) is 0 Å². The molecule has 0 saturated heterocycles. The van der Waals surface area contributed by atoms with E-state index in [9.17, 15) is 5.26 Å².